The highest BCUT2D eigenvalue weighted by Crippen LogP contribution is 2.19. The Hall–Kier alpha value is -3.03. The summed E-state index contributed by atoms with van der Waals surface area (Å²) in [5.74, 6) is 0.609. The number of Topliss-reactive ketones (excluding diaryl/α,β-unsaturated/α-hetero) is 1. The number of carbonyl (C=O) groups is 1. The minimum atomic E-state index is -0.440. The van der Waals surface area contributed by atoms with Crippen molar-refractivity contribution in [2.24, 2.45) is 0 Å². The number of benzene rings is 2. The fourth-order valence-corrected chi connectivity index (χ4v) is 3.00. The lowest BCUT2D eigenvalue weighted by Gasteiger charge is -2.27. The molecule has 1 aliphatic rings. The normalized spacial score (nSPS) is 15.2. The first-order valence-electron chi connectivity index (χ1n) is 9.00. The molecule has 0 aliphatic carbocycles. The number of methoxy groups -OCH3 is 1. The van der Waals surface area contributed by atoms with Crippen molar-refractivity contribution >= 4 is 17.5 Å². The molecule has 0 spiro atoms. The van der Waals surface area contributed by atoms with Gasteiger partial charge in [0, 0.05) is 42.9 Å². The molecule has 1 heterocycles. The van der Waals surface area contributed by atoms with Crippen LogP contribution in [0.4, 0.5) is 5.69 Å². The van der Waals surface area contributed by atoms with Crippen molar-refractivity contribution in [1.82, 2.24) is 4.90 Å². The number of carbonyl (C=O) groups excluding carboxylic acids is 1. The Bertz CT molecular complexity index is 853. The number of nitro groups is 1. The molecule has 146 valence electrons. The van der Waals surface area contributed by atoms with E-state index in [1.165, 1.54) is 12.1 Å². The van der Waals surface area contributed by atoms with Gasteiger partial charge in [0.05, 0.1) is 25.2 Å². The van der Waals surface area contributed by atoms with Crippen LogP contribution in [-0.4, -0.2) is 55.6 Å². The monoisotopic (exact) mass is 382 g/mol. The highest BCUT2D eigenvalue weighted by Gasteiger charge is 2.18. The Morgan fingerprint density at radius 2 is 1.79 bits per heavy atom. The molecule has 2 aromatic carbocycles. The summed E-state index contributed by atoms with van der Waals surface area (Å²) in [5.41, 5.74) is 1.97. The maximum Gasteiger partial charge on any atom is 0.269 e. The molecule has 0 saturated carbocycles. The van der Waals surface area contributed by atoms with Crippen LogP contribution in [0.1, 0.15) is 15.9 Å². The third kappa shape index (κ3) is 5.03. The van der Waals surface area contributed by atoms with Crippen LogP contribution >= 0.6 is 0 Å². The first-order valence-corrected chi connectivity index (χ1v) is 9.00. The minimum Gasteiger partial charge on any atom is -0.497 e. The largest absolute Gasteiger partial charge is 0.497 e. The molecule has 2 aromatic rings. The Morgan fingerprint density at radius 1 is 1.14 bits per heavy atom. The zero-order chi connectivity index (χ0) is 19.9. The second-order valence-electron chi connectivity index (χ2n) is 6.46. The summed E-state index contributed by atoms with van der Waals surface area (Å²) in [7, 11) is 1.58. The average Bonchev–Trinajstić information content (AvgIpc) is 2.74. The van der Waals surface area contributed by atoms with Crippen LogP contribution < -0.4 is 4.74 Å². The second kappa shape index (κ2) is 9.25. The van der Waals surface area contributed by atoms with E-state index >= 15 is 0 Å². The van der Waals surface area contributed by atoms with Crippen molar-refractivity contribution in [2.45, 2.75) is 0 Å². The molecule has 7 heteroatoms. The standard InChI is InChI=1S/C21H22N2O5/c1-27-20-8-4-17(5-9-20)21(24)18(15-22-10-12-28-13-11-22)14-16-2-6-19(7-3-16)23(25)26/h2-9,14H,10-13,15H2,1H3/b18-14+. The van der Waals surface area contributed by atoms with Crippen LogP contribution in [0.3, 0.4) is 0 Å². The van der Waals surface area contributed by atoms with Crippen molar-refractivity contribution in [3.05, 3.63) is 75.3 Å². The van der Waals surface area contributed by atoms with Crippen LogP contribution in [0.2, 0.25) is 0 Å². The van der Waals surface area contributed by atoms with Crippen molar-refractivity contribution in [3.8, 4) is 5.75 Å². The Morgan fingerprint density at radius 3 is 2.36 bits per heavy atom. The van der Waals surface area contributed by atoms with E-state index in [2.05, 4.69) is 4.90 Å². The van der Waals surface area contributed by atoms with E-state index in [1.807, 2.05) is 0 Å². The van der Waals surface area contributed by atoms with Crippen molar-refractivity contribution in [3.63, 3.8) is 0 Å². The molecule has 1 saturated heterocycles. The highest BCUT2D eigenvalue weighted by molar-refractivity contribution is 6.11. The Balaban J connectivity index is 1.88. The molecule has 0 aromatic heterocycles. The summed E-state index contributed by atoms with van der Waals surface area (Å²) in [4.78, 5) is 25.7. The number of non-ortho nitro benzene ring substituents is 1. The molecule has 0 unspecified atom stereocenters. The maximum absolute atomic E-state index is 13.1. The van der Waals surface area contributed by atoms with Crippen molar-refractivity contribution in [1.29, 1.82) is 0 Å². The van der Waals surface area contributed by atoms with Gasteiger partial charge in [0.25, 0.3) is 5.69 Å². The molecule has 1 aliphatic heterocycles. The topological polar surface area (TPSA) is 81.9 Å². The fourth-order valence-electron chi connectivity index (χ4n) is 3.00. The van der Waals surface area contributed by atoms with Gasteiger partial charge in [0.1, 0.15) is 5.75 Å². The zero-order valence-corrected chi connectivity index (χ0v) is 15.7. The van der Waals surface area contributed by atoms with Gasteiger partial charge in [-0.15, -0.1) is 0 Å². The van der Waals surface area contributed by atoms with Gasteiger partial charge in [0.15, 0.2) is 5.78 Å². The predicted octanol–water partition coefficient (Wildman–Crippen LogP) is 3.20. The van der Waals surface area contributed by atoms with E-state index in [9.17, 15) is 14.9 Å². The number of rotatable bonds is 7. The molecule has 0 amide bonds. The van der Waals surface area contributed by atoms with Crippen LogP contribution in [0.15, 0.2) is 54.1 Å². The van der Waals surface area contributed by atoms with E-state index in [-0.39, 0.29) is 11.5 Å². The summed E-state index contributed by atoms with van der Waals surface area (Å²) in [6, 6.07) is 13.2. The lowest BCUT2D eigenvalue weighted by molar-refractivity contribution is -0.384. The lowest BCUT2D eigenvalue weighted by atomic mass is 10.00. The van der Waals surface area contributed by atoms with Gasteiger partial charge >= 0.3 is 0 Å². The summed E-state index contributed by atoms with van der Waals surface area (Å²) < 4.78 is 10.5. The van der Waals surface area contributed by atoms with Crippen LogP contribution in [0.25, 0.3) is 6.08 Å². The average molecular weight is 382 g/mol. The highest BCUT2D eigenvalue weighted by atomic mass is 16.6. The third-order valence-electron chi connectivity index (χ3n) is 4.59. The summed E-state index contributed by atoms with van der Waals surface area (Å²) >= 11 is 0. The molecule has 0 bridgehead atoms. The maximum atomic E-state index is 13.1. The van der Waals surface area contributed by atoms with Crippen molar-refractivity contribution in [2.75, 3.05) is 40.0 Å². The van der Waals surface area contributed by atoms with E-state index in [4.69, 9.17) is 9.47 Å². The number of nitro benzene ring substituents is 1. The number of nitrogens with zero attached hydrogens (tertiary/aromatic N) is 2. The number of ketones is 1. The molecule has 0 radical (unpaired) electrons. The first-order chi connectivity index (χ1) is 13.6. The summed E-state index contributed by atoms with van der Waals surface area (Å²) in [5, 5.41) is 10.8. The smallest absolute Gasteiger partial charge is 0.269 e. The number of ether oxygens (including phenoxy) is 2. The van der Waals surface area contributed by atoms with Gasteiger partial charge in [0.2, 0.25) is 0 Å². The zero-order valence-electron chi connectivity index (χ0n) is 15.7. The van der Waals surface area contributed by atoms with Gasteiger partial charge in [-0.05, 0) is 48.0 Å². The lowest BCUT2D eigenvalue weighted by Crippen LogP contribution is -2.38. The molecule has 1 fully saturated rings. The van der Waals surface area contributed by atoms with E-state index in [0.29, 0.717) is 36.6 Å². The number of morpholine rings is 1. The van der Waals surface area contributed by atoms with Gasteiger partial charge < -0.3 is 9.47 Å². The minimum absolute atomic E-state index is 0.0216. The van der Waals surface area contributed by atoms with Crippen molar-refractivity contribution < 1.29 is 19.2 Å². The predicted molar refractivity (Wildman–Crippen MR) is 106 cm³/mol. The number of hydrogen-bond acceptors (Lipinski definition) is 6. The first kappa shape index (κ1) is 19.7. The SMILES string of the molecule is COc1ccc(C(=O)/C(=C/c2ccc([N+](=O)[O-])cc2)CN2CCOCC2)cc1. The summed E-state index contributed by atoms with van der Waals surface area (Å²) in [6.45, 7) is 3.29. The van der Waals surface area contributed by atoms with E-state index in [0.717, 1.165) is 18.7 Å². The molecule has 3 rings (SSSR count). The molecule has 28 heavy (non-hydrogen) atoms. The molecular weight excluding hydrogens is 360 g/mol. The molecule has 7 nitrogen and oxygen atoms in total. The van der Waals surface area contributed by atoms with E-state index < -0.39 is 4.92 Å². The van der Waals surface area contributed by atoms with Crippen LogP contribution in [0.5, 0.6) is 5.75 Å². The third-order valence-corrected chi connectivity index (χ3v) is 4.59. The van der Waals surface area contributed by atoms with Crippen LogP contribution in [0, 0.1) is 10.1 Å². The molecular formula is C21H22N2O5. The summed E-state index contributed by atoms with van der Waals surface area (Å²) in [6.07, 6.45) is 1.80. The van der Waals surface area contributed by atoms with Gasteiger partial charge in [-0.3, -0.25) is 19.8 Å². The number of hydrogen-bond donors (Lipinski definition) is 0. The Kier molecular flexibility index (Phi) is 6.52. The van der Waals surface area contributed by atoms with E-state index in [1.54, 1.807) is 49.6 Å². The molecule has 0 N–H and O–H groups in total. The quantitative estimate of drug-likeness (QED) is 0.317. The molecule has 0 atom stereocenters. The fraction of sp³-hybridized carbons (Fsp3) is 0.286. The van der Waals surface area contributed by atoms with Gasteiger partial charge in [-0.2, -0.15) is 0 Å². The van der Waals surface area contributed by atoms with Crippen LogP contribution in [-0.2, 0) is 4.74 Å². The van der Waals surface area contributed by atoms with Gasteiger partial charge in [-0.25, -0.2) is 0 Å². The second-order valence-corrected chi connectivity index (χ2v) is 6.46. The Labute approximate surface area is 163 Å². The van der Waals surface area contributed by atoms with Gasteiger partial charge in [-0.1, -0.05) is 0 Å².